The molecule has 7 nitrogen and oxygen atoms in total. The molecule has 0 fully saturated rings. The molecule has 0 amide bonds. The summed E-state index contributed by atoms with van der Waals surface area (Å²) in [5.41, 5.74) is 3.22. The highest BCUT2D eigenvalue weighted by Crippen LogP contribution is 2.22. The lowest BCUT2D eigenvalue weighted by molar-refractivity contribution is 0.0895. The molecule has 0 aliphatic rings. The van der Waals surface area contributed by atoms with E-state index >= 15 is 0 Å². The number of nitrogens with one attached hydrogen (secondary N) is 1. The zero-order valence-corrected chi connectivity index (χ0v) is 14.1. The molecular weight excluding hydrogens is 296 g/mol. The molecule has 3 aromatic heterocycles. The van der Waals surface area contributed by atoms with Gasteiger partial charge in [0.05, 0.1) is 12.5 Å². The number of H-pyrrole nitrogens is 1. The first-order valence-corrected chi connectivity index (χ1v) is 11.0. The van der Waals surface area contributed by atoms with Gasteiger partial charge in [0.15, 0.2) is 5.65 Å². The first kappa shape index (κ1) is 14.9. The minimum absolute atomic E-state index is 0.461. The number of nitrogens with zero attached hydrogens (tertiary/aromatic N) is 5. The molecule has 1 N–H and O–H groups in total. The number of aromatic nitrogens is 6. The molecule has 0 unspecified atom stereocenters. The molecule has 0 radical (unpaired) electrons. The van der Waals surface area contributed by atoms with Crippen molar-refractivity contribution in [3.05, 3.63) is 25.0 Å². The van der Waals surface area contributed by atoms with Gasteiger partial charge >= 0.3 is 0 Å². The molecule has 0 saturated carbocycles. The largest absolute Gasteiger partial charge is 0.361 e. The van der Waals surface area contributed by atoms with Crippen LogP contribution in [0.25, 0.3) is 22.4 Å². The van der Waals surface area contributed by atoms with Gasteiger partial charge in [-0.05, 0) is 6.04 Å². The van der Waals surface area contributed by atoms with Gasteiger partial charge in [-0.3, -0.25) is 9.67 Å². The summed E-state index contributed by atoms with van der Waals surface area (Å²) in [6, 6.07) is 1.15. The van der Waals surface area contributed by atoms with Crippen molar-refractivity contribution in [1.29, 1.82) is 0 Å². The normalized spacial score (nSPS) is 12.1. The lowest BCUT2D eigenvalue weighted by Crippen LogP contribution is -2.22. The SMILES string of the molecule is C[Si](C)(C)CCOCn1cnc2c(-c3cn[nH]c3)ncnc21. The number of imidazole rings is 1. The average Bonchev–Trinajstić information content (AvgIpc) is 3.12. The summed E-state index contributed by atoms with van der Waals surface area (Å²) < 4.78 is 7.68. The van der Waals surface area contributed by atoms with Crippen LogP contribution in [0.4, 0.5) is 0 Å². The Labute approximate surface area is 129 Å². The van der Waals surface area contributed by atoms with Crippen LogP contribution in [0, 0.1) is 0 Å². The topological polar surface area (TPSA) is 81.5 Å². The Hall–Kier alpha value is -2.06. The molecule has 3 aromatic rings. The van der Waals surface area contributed by atoms with Crippen molar-refractivity contribution >= 4 is 19.2 Å². The lowest BCUT2D eigenvalue weighted by Gasteiger charge is -2.15. The van der Waals surface area contributed by atoms with Gasteiger partial charge in [0.25, 0.3) is 0 Å². The maximum Gasteiger partial charge on any atom is 0.165 e. The predicted molar refractivity (Wildman–Crippen MR) is 87.0 cm³/mol. The van der Waals surface area contributed by atoms with Gasteiger partial charge in [0, 0.05) is 26.4 Å². The van der Waals surface area contributed by atoms with Gasteiger partial charge < -0.3 is 4.74 Å². The second-order valence-electron chi connectivity index (χ2n) is 6.44. The lowest BCUT2D eigenvalue weighted by atomic mass is 10.2. The van der Waals surface area contributed by atoms with Crippen LogP contribution in [0.3, 0.4) is 0 Å². The van der Waals surface area contributed by atoms with E-state index in [9.17, 15) is 0 Å². The molecule has 0 saturated heterocycles. The quantitative estimate of drug-likeness (QED) is 0.558. The van der Waals surface area contributed by atoms with Crippen molar-refractivity contribution in [3.8, 4) is 11.3 Å². The smallest absolute Gasteiger partial charge is 0.165 e. The first-order chi connectivity index (χ1) is 10.5. The third kappa shape index (κ3) is 3.23. The van der Waals surface area contributed by atoms with Crippen LogP contribution in [0.2, 0.25) is 25.7 Å². The molecule has 0 spiro atoms. The van der Waals surface area contributed by atoms with E-state index in [1.165, 1.54) is 0 Å². The molecule has 3 rings (SSSR count). The van der Waals surface area contributed by atoms with Crippen LogP contribution in [0.15, 0.2) is 25.0 Å². The standard InChI is InChI=1S/C14H20N6OSi/c1-22(2,3)5-4-21-10-20-9-17-13-12(11-6-18-19-7-11)15-8-16-14(13)20/h6-9H,4-5,10H2,1-3H3,(H,18,19). The summed E-state index contributed by atoms with van der Waals surface area (Å²) in [7, 11) is -1.06. The maximum absolute atomic E-state index is 5.77. The Kier molecular flexibility index (Phi) is 4.03. The number of rotatable bonds is 6. The molecule has 3 heterocycles. The van der Waals surface area contributed by atoms with Crippen molar-refractivity contribution in [1.82, 2.24) is 29.7 Å². The molecule has 0 aromatic carbocycles. The fraction of sp³-hybridized carbons (Fsp3) is 0.429. The van der Waals surface area contributed by atoms with Crippen LogP contribution >= 0.6 is 0 Å². The minimum atomic E-state index is -1.06. The second kappa shape index (κ2) is 5.97. The number of hydrogen-bond acceptors (Lipinski definition) is 5. The maximum atomic E-state index is 5.77. The van der Waals surface area contributed by atoms with Crippen LogP contribution in [-0.4, -0.2) is 44.4 Å². The highest BCUT2D eigenvalue weighted by molar-refractivity contribution is 6.76. The van der Waals surface area contributed by atoms with E-state index in [-0.39, 0.29) is 0 Å². The van der Waals surface area contributed by atoms with Crippen molar-refractivity contribution in [3.63, 3.8) is 0 Å². The molecule has 8 heteroatoms. The summed E-state index contributed by atoms with van der Waals surface area (Å²) >= 11 is 0. The average molecular weight is 316 g/mol. The van der Waals surface area contributed by atoms with E-state index in [1.807, 2.05) is 4.57 Å². The predicted octanol–water partition coefficient (Wildman–Crippen LogP) is 2.53. The van der Waals surface area contributed by atoms with E-state index in [2.05, 4.69) is 44.8 Å². The van der Waals surface area contributed by atoms with E-state index in [0.717, 1.165) is 35.1 Å². The fourth-order valence-electron chi connectivity index (χ4n) is 2.11. The zero-order chi connectivity index (χ0) is 15.6. The Morgan fingerprint density at radius 1 is 1.23 bits per heavy atom. The molecule has 0 bridgehead atoms. The third-order valence-corrected chi connectivity index (χ3v) is 5.10. The summed E-state index contributed by atoms with van der Waals surface area (Å²) in [5, 5.41) is 6.74. The molecular formula is C14H20N6OSi. The zero-order valence-electron chi connectivity index (χ0n) is 13.1. The summed E-state index contributed by atoms with van der Waals surface area (Å²) in [6.07, 6.45) is 6.82. The van der Waals surface area contributed by atoms with Gasteiger partial charge in [-0.15, -0.1) is 0 Å². The number of fused-ring (bicyclic) bond motifs is 1. The van der Waals surface area contributed by atoms with E-state index in [4.69, 9.17) is 4.74 Å². The molecule has 0 aliphatic carbocycles. The number of ether oxygens (including phenoxy) is 1. The van der Waals surface area contributed by atoms with Gasteiger partial charge in [0.1, 0.15) is 24.3 Å². The fourth-order valence-corrected chi connectivity index (χ4v) is 2.86. The van der Waals surface area contributed by atoms with Crippen molar-refractivity contribution in [2.24, 2.45) is 0 Å². The Morgan fingerprint density at radius 3 is 2.82 bits per heavy atom. The van der Waals surface area contributed by atoms with Crippen LogP contribution in [-0.2, 0) is 11.5 Å². The molecule has 116 valence electrons. The summed E-state index contributed by atoms with van der Waals surface area (Å²) in [6.45, 7) is 8.26. The van der Waals surface area contributed by atoms with E-state index in [0.29, 0.717) is 6.73 Å². The van der Waals surface area contributed by atoms with Crippen molar-refractivity contribution < 1.29 is 4.74 Å². The van der Waals surface area contributed by atoms with E-state index in [1.54, 1.807) is 25.0 Å². The monoisotopic (exact) mass is 316 g/mol. The van der Waals surface area contributed by atoms with Gasteiger partial charge in [-0.1, -0.05) is 19.6 Å². The Bertz CT molecular complexity index is 746. The highest BCUT2D eigenvalue weighted by Gasteiger charge is 2.14. The van der Waals surface area contributed by atoms with E-state index < -0.39 is 8.07 Å². The van der Waals surface area contributed by atoms with Gasteiger partial charge in [0.2, 0.25) is 0 Å². The van der Waals surface area contributed by atoms with Gasteiger partial charge in [-0.2, -0.15) is 5.10 Å². The second-order valence-corrected chi connectivity index (χ2v) is 12.1. The molecule has 0 atom stereocenters. The highest BCUT2D eigenvalue weighted by atomic mass is 28.3. The minimum Gasteiger partial charge on any atom is -0.361 e. The number of hydrogen-bond donors (Lipinski definition) is 1. The van der Waals surface area contributed by atoms with Crippen LogP contribution in [0.5, 0.6) is 0 Å². The third-order valence-electron chi connectivity index (χ3n) is 3.40. The Balaban J connectivity index is 1.77. The molecule has 0 aliphatic heterocycles. The van der Waals surface area contributed by atoms with Crippen LogP contribution < -0.4 is 0 Å². The molecule has 22 heavy (non-hydrogen) atoms. The van der Waals surface area contributed by atoms with Crippen molar-refractivity contribution in [2.75, 3.05) is 6.61 Å². The van der Waals surface area contributed by atoms with Gasteiger partial charge in [-0.25, -0.2) is 15.0 Å². The summed E-state index contributed by atoms with van der Waals surface area (Å²) in [4.78, 5) is 13.1. The van der Waals surface area contributed by atoms with Crippen molar-refractivity contribution in [2.45, 2.75) is 32.4 Å². The first-order valence-electron chi connectivity index (χ1n) is 7.27. The number of aromatic amines is 1. The summed E-state index contributed by atoms with van der Waals surface area (Å²) in [5.74, 6) is 0. The Morgan fingerprint density at radius 2 is 2.09 bits per heavy atom. The van der Waals surface area contributed by atoms with Crippen LogP contribution in [0.1, 0.15) is 0 Å².